The second-order valence-corrected chi connectivity index (χ2v) is 15.9. The maximum atomic E-state index is 13.5. The number of alkyl carbamates (subject to hydrolysis) is 1. The van der Waals surface area contributed by atoms with Gasteiger partial charge in [0.15, 0.2) is 0 Å². The number of ether oxygens (including phenoxy) is 2. The highest BCUT2D eigenvalue weighted by atomic mass is 16.5. The largest absolute Gasteiger partial charge is 0.453 e. The van der Waals surface area contributed by atoms with E-state index in [1.807, 2.05) is 29.1 Å². The Morgan fingerprint density at radius 3 is 1.91 bits per heavy atom. The molecule has 56 heavy (non-hydrogen) atoms. The summed E-state index contributed by atoms with van der Waals surface area (Å²) in [5, 5.41) is 5.77. The van der Waals surface area contributed by atoms with E-state index in [1.165, 1.54) is 54.2 Å². The van der Waals surface area contributed by atoms with E-state index in [9.17, 15) is 14.4 Å². The van der Waals surface area contributed by atoms with Gasteiger partial charge in [0.1, 0.15) is 17.7 Å². The Morgan fingerprint density at radius 2 is 1.29 bits per heavy atom. The van der Waals surface area contributed by atoms with Crippen molar-refractivity contribution in [2.24, 2.45) is 0 Å². The molecule has 2 bridgehead atoms. The van der Waals surface area contributed by atoms with Crippen molar-refractivity contribution >= 4 is 17.9 Å². The summed E-state index contributed by atoms with van der Waals surface area (Å²) in [5.41, 5.74) is 9.59. The summed E-state index contributed by atoms with van der Waals surface area (Å²) in [5.74, 6) is 2.62. The molecule has 2 aliphatic heterocycles. The second-order valence-electron chi connectivity index (χ2n) is 15.9. The van der Waals surface area contributed by atoms with Gasteiger partial charge in [-0.3, -0.25) is 14.9 Å². The Bertz CT molecular complexity index is 2060. The van der Waals surface area contributed by atoms with Gasteiger partial charge in [-0.1, -0.05) is 36.4 Å². The van der Waals surface area contributed by atoms with Crippen LogP contribution in [0, 0.1) is 0 Å². The number of carbonyl (C=O) groups excluding carboxylic acids is 3. The van der Waals surface area contributed by atoms with Crippen LogP contribution in [0.5, 0.6) is 0 Å². The molecular weight excluding hydrogens is 709 g/mol. The lowest BCUT2D eigenvalue weighted by molar-refractivity contribution is -0.138. The smallest absolute Gasteiger partial charge is 0.407 e. The molecule has 13 heteroatoms. The van der Waals surface area contributed by atoms with Crippen molar-refractivity contribution in [1.29, 1.82) is 0 Å². The van der Waals surface area contributed by atoms with Gasteiger partial charge in [-0.05, 0) is 111 Å². The summed E-state index contributed by atoms with van der Waals surface area (Å²) >= 11 is 0. The van der Waals surface area contributed by atoms with Crippen molar-refractivity contribution in [1.82, 2.24) is 40.4 Å². The molecule has 13 nitrogen and oxygen atoms in total. The van der Waals surface area contributed by atoms with E-state index in [0.29, 0.717) is 25.1 Å². The average molecular weight is 763 g/mol. The van der Waals surface area contributed by atoms with Gasteiger partial charge in [0, 0.05) is 25.8 Å². The second kappa shape index (κ2) is 16.2. The molecule has 2 aromatic heterocycles. The van der Waals surface area contributed by atoms with E-state index < -0.39 is 12.1 Å². The summed E-state index contributed by atoms with van der Waals surface area (Å²) < 4.78 is 9.85. The van der Waals surface area contributed by atoms with Crippen molar-refractivity contribution < 1.29 is 23.9 Å². The summed E-state index contributed by atoms with van der Waals surface area (Å²) in [6.07, 6.45) is 12.5. The molecule has 2 aromatic carbocycles. The fourth-order valence-electron chi connectivity index (χ4n) is 9.68. The van der Waals surface area contributed by atoms with Gasteiger partial charge < -0.3 is 34.6 Å². The molecule has 4 aliphatic rings. The van der Waals surface area contributed by atoms with Crippen LogP contribution in [0.15, 0.2) is 48.8 Å². The number of methoxy groups -OCH3 is 2. The van der Waals surface area contributed by atoms with E-state index >= 15 is 0 Å². The van der Waals surface area contributed by atoms with Crippen LogP contribution in [0.3, 0.4) is 0 Å². The number of aromatic amines is 2. The zero-order chi connectivity index (χ0) is 38.9. The number of imidazole rings is 2. The number of hydrogen-bond acceptors (Lipinski definition) is 8. The third-order valence-electron chi connectivity index (χ3n) is 12.5. The van der Waals surface area contributed by atoms with Crippen LogP contribution < -0.4 is 10.6 Å². The number of amides is 3. The third kappa shape index (κ3) is 7.22. The van der Waals surface area contributed by atoms with Crippen LogP contribution in [0.1, 0.15) is 118 Å². The predicted molar refractivity (Wildman–Crippen MR) is 212 cm³/mol. The molecule has 2 saturated heterocycles. The van der Waals surface area contributed by atoms with Crippen LogP contribution in [0.2, 0.25) is 0 Å². The molecule has 2 aliphatic carbocycles. The molecular formula is C43H54N8O5. The fraction of sp³-hybridized carbons (Fsp3) is 0.512. The number of H-pyrrole nitrogens is 2. The molecule has 6 atom stereocenters. The SMILES string of the molecule is COCNC(C)C(=O)N1CCCCC1c1ncc(-c2ccc(-c3ccc(-c4cnc(C5CCCCN5C(=O)C(C)NC(=O)OC)[nH]4)cc3)c3c2C2CCC3C2)[nH]1. The number of likely N-dealkylation sites (tertiary alicyclic amines) is 2. The van der Waals surface area contributed by atoms with Gasteiger partial charge in [-0.15, -0.1) is 0 Å². The zero-order valence-electron chi connectivity index (χ0n) is 32.9. The van der Waals surface area contributed by atoms with Gasteiger partial charge >= 0.3 is 6.09 Å². The zero-order valence-corrected chi connectivity index (χ0v) is 32.9. The quantitative estimate of drug-likeness (QED) is 0.120. The van der Waals surface area contributed by atoms with Crippen LogP contribution in [0.4, 0.5) is 4.79 Å². The number of nitrogens with one attached hydrogen (secondary N) is 4. The molecule has 296 valence electrons. The van der Waals surface area contributed by atoms with E-state index in [2.05, 4.69) is 57.0 Å². The van der Waals surface area contributed by atoms with E-state index in [0.717, 1.165) is 73.7 Å². The summed E-state index contributed by atoms with van der Waals surface area (Å²) in [7, 11) is 2.91. The number of nitrogens with zero attached hydrogens (tertiary/aromatic N) is 4. The Hall–Kier alpha value is -5.01. The Labute approximate surface area is 328 Å². The number of fused-ring (bicyclic) bond motifs is 5. The van der Waals surface area contributed by atoms with Gasteiger partial charge in [-0.2, -0.15) is 0 Å². The first-order valence-electron chi connectivity index (χ1n) is 20.3. The molecule has 3 amide bonds. The van der Waals surface area contributed by atoms with Crippen LogP contribution >= 0.6 is 0 Å². The number of aromatic nitrogens is 4. The van der Waals surface area contributed by atoms with Crippen molar-refractivity contribution in [3.05, 3.63) is 71.6 Å². The predicted octanol–water partition coefficient (Wildman–Crippen LogP) is 6.93. The number of piperidine rings is 2. The van der Waals surface area contributed by atoms with E-state index in [-0.39, 0.29) is 29.9 Å². The Balaban J connectivity index is 1.02. The topological polar surface area (TPSA) is 158 Å². The molecule has 4 aromatic rings. The number of benzene rings is 2. The molecule has 3 fully saturated rings. The van der Waals surface area contributed by atoms with E-state index in [1.54, 1.807) is 14.0 Å². The van der Waals surface area contributed by atoms with Crippen molar-refractivity contribution in [2.75, 3.05) is 34.0 Å². The molecule has 1 saturated carbocycles. The van der Waals surface area contributed by atoms with Crippen molar-refractivity contribution in [3.8, 4) is 33.6 Å². The highest BCUT2D eigenvalue weighted by Gasteiger charge is 2.41. The van der Waals surface area contributed by atoms with Crippen molar-refractivity contribution in [2.45, 2.75) is 108 Å². The summed E-state index contributed by atoms with van der Waals surface area (Å²) in [6.45, 7) is 5.25. The van der Waals surface area contributed by atoms with E-state index in [4.69, 9.17) is 19.4 Å². The lowest BCUT2D eigenvalue weighted by Crippen LogP contribution is -2.49. The highest BCUT2D eigenvalue weighted by molar-refractivity contribution is 5.86. The maximum absolute atomic E-state index is 13.5. The van der Waals surface area contributed by atoms with Gasteiger partial charge in [-0.25, -0.2) is 14.8 Å². The number of rotatable bonds is 11. The Kier molecular flexibility index (Phi) is 11.0. The first-order chi connectivity index (χ1) is 27.2. The van der Waals surface area contributed by atoms with Crippen LogP contribution in [-0.2, 0) is 19.1 Å². The molecule has 0 radical (unpaired) electrons. The van der Waals surface area contributed by atoms with Crippen LogP contribution in [-0.4, -0.2) is 93.8 Å². The maximum Gasteiger partial charge on any atom is 0.407 e. The molecule has 0 spiro atoms. The standard InChI is InChI=1S/C43H54N8O5/c1-25(46-24-55-3)41(52)50-19-7-5-10-36(50)40-45-23-34(49-40)32-18-17-31(37-29-15-16-30(21-29)38(32)37)27-11-13-28(14-12-27)33-22-44-39(48-33)35-9-6-8-20-51(35)42(53)26(2)47-43(54)56-4/h11-14,17-18,22-23,25-26,29-30,35-36,46H,5-10,15-16,19-21,24H2,1-4H3,(H,44,48)(H,45,49)(H,47,54). The normalized spacial score (nSPS) is 22.8. The number of carbonyl (C=O) groups is 3. The van der Waals surface area contributed by atoms with Gasteiger partial charge in [0.25, 0.3) is 0 Å². The lowest BCUT2D eigenvalue weighted by atomic mass is 9.82. The molecule has 4 heterocycles. The minimum Gasteiger partial charge on any atom is -0.453 e. The Morgan fingerprint density at radius 1 is 0.732 bits per heavy atom. The minimum atomic E-state index is -0.699. The highest BCUT2D eigenvalue weighted by Crippen LogP contribution is 2.58. The molecule has 4 N–H and O–H groups in total. The monoisotopic (exact) mass is 762 g/mol. The van der Waals surface area contributed by atoms with Gasteiger partial charge in [0.2, 0.25) is 11.8 Å². The van der Waals surface area contributed by atoms with Crippen molar-refractivity contribution in [3.63, 3.8) is 0 Å². The average Bonchev–Trinajstić information content (AvgIpc) is 4.08. The third-order valence-corrected chi connectivity index (χ3v) is 12.5. The first-order valence-corrected chi connectivity index (χ1v) is 20.3. The lowest BCUT2D eigenvalue weighted by Gasteiger charge is -2.36. The minimum absolute atomic E-state index is 0.0758. The summed E-state index contributed by atoms with van der Waals surface area (Å²) in [4.78, 5) is 59.3. The molecule has 6 unspecified atom stereocenters. The fourth-order valence-corrected chi connectivity index (χ4v) is 9.68. The number of hydrogen-bond donors (Lipinski definition) is 4. The first kappa shape index (κ1) is 37.9. The summed E-state index contributed by atoms with van der Waals surface area (Å²) in [6, 6.07) is 12.0. The van der Waals surface area contributed by atoms with Crippen LogP contribution in [0.25, 0.3) is 33.6 Å². The van der Waals surface area contributed by atoms with Gasteiger partial charge in [0.05, 0.1) is 55.7 Å². The molecule has 8 rings (SSSR count).